The first-order valence-corrected chi connectivity index (χ1v) is 10.7. The van der Waals surface area contributed by atoms with Crippen LogP contribution in [0.25, 0.3) is 11.3 Å². The zero-order valence-corrected chi connectivity index (χ0v) is 19.1. The SMILES string of the molecule is CC(=O)Nc1c(C)cc(C)cc1-c1nnc(S[C@H](C)C(=O)Nc2ccc(F)cc2F)[nH]c1=O. The molecule has 0 spiro atoms. The number of H-pyrrole nitrogens is 1. The lowest BCUT2D eigenvalue weighted by Gasteiger charge is -2.14. The van der Waals surface area contributed by atoms with E-state index in [1.54, 1.807) is 13.0 Å². The first-order valence-electron chi connectivity index (χ1n) is 9.84. The summed E-state index contributed by atoms with van der Waals surface area (Å²) in [6.45, 7) is 6.55. The summed E-state index contributed by atoms with van der Waals surface area (Å²) in [5.74, 6) is -2.52. The van der Waals surface area contributed by atoms with E-state index in [9.17, 15) is 23.2 Å². The van der Waals surface area contributed by atoms with Crippen molar-refractivity contribution in [2.45, 2.75) is 38.1 Å². The number of carbonyl (C=O) groups is 2. The molecule has 0 aliphatic rings. The smallest absolute Gasteiger partial charge is 0.278 e. The third-order valence-electron chi connectivity index (χ3n) is 4.56. The van der Waals surface area contributed by atoms with Crippen molar-refractivity contribution in [3.63, 3.8) is 0 Å². The predicted molar refractivity (Wildman–Crippen MR) is 122 cm³/mol. The topological polar surface area (TPSA) is 117 Å². The van der Waals surface area contributed by atoms with Crippen molar-refractivity contribution < 1.29 is 18.4 Å². The first-order chi connectivity index (χ1) is 15.5. The molecule has 1 aromatic heterocycles. The molecule has 0 fully saturated rings. The summed E-state index contributed by atoms with van der Waals surface area (Å²) in [6, 6.07) is 6.40. The van der Waals surface area contributed by atoms with Crippen molar-refractivity contribution in [3.05, 3.63) is 63.4 Å². The Bertz CT molecular complexity index is 1300. The maximum absolute atomic E-state index is 13.8. The fraction of sp³-hybridized carbons (Fsp3) is 0.227. The summed E-state index contributed by atoms with van der Waals surface area (Å²) >= 11 is 0.912. The molecular formula is C22H21F2N5O3S. The normalized spacial score (nSPS) is 11.7. The number of aromatic amines is 1. The molecule has 1 atom stereocenters. The van der Waals surface area contributed by atoms with Crippen LogP contribution in [-0.2, 0) is 9.59 Å². The summed E-state index contributed by atoms with van der Waals surface area (Å²) in [7, 11) is 0. The Morgan fingerprint density at radius 2 is 1.82 bits per heavy atom. The summed E-state index contributed by atoms with van der Waals surface area (Å²) in [4.78, 5) is 39.3. The highest BCUT2D eigenvalue weighted by molar-refractivity contribution is 8.00. The highest BCUT2D eigenvalue weighted by Gasteiger charge is 2.20. The van der Waals surface area contributed by atoms with Gasteiger partial charge < -0.3 is 10.6 Å². The quantitative estimate of drug-likeness (QED) is 0.469. The summed E-state index contributed by atoms with van der Waals surface area (Å²) in [5, 5.41) is 12.4. The average Bonchev–Trinajstić information content (AvgIpc) is 2.72. The number of anilines is 2. The van der Waals surface area contributed by atoms with Crippen LogP contribution < -0.4 is 16.2 Å². The van der Waals surface area contributed by atoms with Crippen molar-refractivity contribution in [1.29, 1.82) is 0 Å². The average molecular weight is 474 g/mol. The molecule has 0 unspecified atom stereocenters. The van der Waals surface area contributed by atoms with Gasteiger partial charge in [0.25, 0.3) is 5.56 Å². The molecule has 8 nitrogen and oxygen atoms in total. The van der Waals surface area contributed by atoms with Gasteiger partial charge in [0, 0.05) is 18.6 Å². The zero-order valence-electron chi connectivity index (χ0n) is 18.2. The van der Waals surface area contributed by atoms with Gasteiger partial charge in [-0.1, -0.05) is 23.4 Å². The monoisotopic (exact) mass is 473 g/mol. The Kier molecular flexibility index (Phi) is 7.22. The van der Waals surface area contributed by atoms with Crippen LogP contribution in [-0.4, -0.2) is 32.2 Å². The van der Waals surface area contributed by atoms with Crippen LogP contribution in [0.2, 0.25) is 0 Å². The lowest BCUT2D eigenvalue weighted by Crippen LogP contribution is -2.24. The van der Waals surface area contributed by atoms with Gasteiger partial charge in [0.05, 0.1) is 16.6 Å². The second-order valence-corrected chi connectivity index (χ2v) is 8.70. The number of hydrogen-bond donors (Lipinski definition) is 3. The second kappa shape index (κ2) is 9.90. The van der Waals surface area contributed by atoms with E-state index in [0.717, 1.165) is 35.0 Å². The number of halogens is 2. The molecule has 3 rings (SSSR count). The van der Waals surface area contributed by atoms with Crippen molar-refractivity contribution in [3.8, 4) is 11.3 Å². The lowest BCUT2D eigenvalue weighted by molar-refractivity contribution is -0.115. The molecule has 3 aromatic rings. The Morgan fingerprint density at radius 1 is 1.09 bits per heavy atom. The van der Waals surface area contributed by atoms with Crippen LogP contribution in [0.5, 0.6) is 0 Å². The van der Waals surface area contributed by atoms with Gasteiger partial charge in [-0.15, -0.1) is 10.2 Å². The molecule has 33 heavy (non-hydrogen) atoms. The lowest BCUT2D eigenvalue weighted by atomic mass is 10.0. The Hall–Kier alpha value is -3.60. The zero-order chi connectivity index (χ0) is 24.3. The minimum atomic E-state index is -0.901. The minimum Gasteiger partial charge on any atom is -0.325 e. The molecule has 0 saturated carbocycles. The maximum atomic E-state index is 13.8. The van der Waals surface area contributed by atoms with Crippen LogP contribution in [0.1, 0.15) is 25.0 Å². The third-order valence-corrected chi connectivity index (χ3v) is 5.53. The van der Waals surface area contributed by atoms with Crippen molar-refractivity contribution >= 4 is 35.0 Å². The van der Waals surface area contributed by atoms with Gasteiger partial charge in [-0.25, -0.2) is 8.78 Å². The standard InChI is InChI=1S/C22H21F2N5O3S/c1-10-7-11(2)18(25-13(4)30)15(8-10)19-21(32)27-22(29-28-19)33-12(3)20(31)26-17-6-5-14(23)9-16(17)24/h5-9,12H,1-4H3,(H,25,30)(H,26,31)(H,27,29,32)/t12-/m1/s1. The van der Waals surface area contributed by atoms with Crippen molar-refractivity contribution in [2.75, 3.05) is 10.6 Å². The van der Waals surface area contributed by atoms with Crippen molar-refractivity contribution in [2.24, 2.45) is 0 Å². The first kappa shape index (κ1) is 24.1. The number of hydrogen-bond acceptors (Lipinski definition) is 6. The number of aryl methyl sites for hydroxylation is 2. The Balaban J connectivity index is 1.82. The van der Waals surface area contributed by atoms with Gasteiger partial charge in [-0.3, -0.25) is 19.4 Å². The van der Waals surface area contributed by atoms with E-state index >= 15 is 0 Å². The van der Waals surface area contributed by atoms with Gasteiger partial charge in [0.15, 0.2) is 10.9 Å². The van der Waals surface area contributed by atoms with Crippen LogP contribution in [0, 0.1) is 25.5 Å². The molecule has 172 valence electrons. The number of benzene rings is 2. The fourth-order valence-corrected chi connectivity index (χ4v) is 3.83. The highest BCUT2D eigenvalue weighted by atomic mass is 32.2. The Morgan fingerprint density at radius 3 is 2.45 bits per heavy atom. The van der Waals surface area contributed by atoms with Crippen LogP contribution in [0.3, 0.4) is 0 Å². The van der Waals surface area contributed by atoms with Crippen LogP contribution in [0.4, 0.5) is 20.2 Å². The summed E-state index contributed by atoms with van der Waals surface area (Å²) < 4.78 is 26.8. The van der Waals surface area contributed by atoms with E-state index in [-0.39, 0.29) is 22.4 Å². The molecule has 11 heteroatoms. The summed E-state index contributed by atoms with van der Waals surface area (Å²) in [5.41, 5.74) is 1.81. The number of nitrogens with one attached hydrogen (secondary N) is 3. The molecule has 1 heterocycles. The van der Waals surface area contributed by atoms with Crippen LogP contribution >= 0.6 is 11.8 Å². The minimum absolute atomic E-state index is 0.0142. The van der Waals surface area contributed by atoms with E-state index in [2.05, 4.69) is 25.8 Å². The predicted octanol–water partition coefficient (Wildman–Crippen LogP) is 3.80. The van der Waals surface area contributed by atoms with E-state index in [1.165, 1.54) is 13.8 Å². The molecule has 0 radical (unpaired) electrons. The van der Waals surface area contributed by atoms with E-state index < -0.39 is 28.4 Å². The van der Waals surface area contributed by atoms with Crippen LogP contribution in [0.15, 0.2) is 40.3 Å². The van der Waals surface area contributed by atoms with Gasteiger partial charge in [0.2, 0.25) is 11.8 Å². The molecule has 0 aliphatic heterocycles. The van der Waals surface area contributed by atoms with E-state index in [4.69, 9.17) is 0 Å². The fourth-order valence-electron chi connectivity index (χ4n) is 3.09. The Labute approximate surface area is 192 Å². The molecule has 3 N–H and O–H groups in total. The number of carbonyl (C=O) groups excluding carboxylic acids is 2. The summed E-state index contributed by atoms with van der Waals surface area (Å²) in [6.07, 6.45) is 0. The molecule has 2 aromatic carbocycles. The van der Waals surface area contributed by atoms with Crippen molar-refractivity contribution in [1.82, 2.24) is 15.2 Å². The van der Waals surface area contributed by atoms with E-state index in [1.807, 2.05) is 13.0 Å². The highest BCUT2D eigenvalue weighted by Crippen LogP contribution is 2.30. The maximum Gasteiger partial charge on any atom is 0.278 e. The molecule has 0 aliphatic carbocycles. The number of rotatable bonds is 6. The molecular weight excluding hydrogens is 452 g/mol. The molecule has 2 amide bonds. The van der Waals surface area contributed by atoms with E-state index in [0.29, 0.717) is 17.3 Å². The molecule has 0 bridgehead atoms. The largest absolute Gasteiger partial charge is 0.325 e. The number of nitrogens with zero attached hydrogens (tertiary/aromatic N) is 2. The number of thioether (sulfide) groups is 1. The second-order valence-electron chi connectivity index (χ2n) is 7.37. The van der Waals surface area contributed by atoms with Gasteiger partial charge >= 0.3 is 0 Å². The van der Waals surface area contributed by atoms with Gasteiger partial charge in [-0.2, -0.15) is 0 Å². The van der Waals surface area contributed by atoms with Gasteiger partial charge in [0.1, 0.15) is 11.6 Å². The number of aromatic nitrogens is 3. The number of amides is 2. The third kappa shape index (κ3) is 5.80. The molecule has 0 saturated heterocycles. The van der Waals surface area contributed by atoms with Gasteiger partial charge in [-0.05, 0) is 44.5 Å².